The predicted octanol–water partition coefficient (Wildman–Crippen LogP) is 4.75. The third kappa shape index (κ3) is 13.1. The van der Waals surface area contributed by atoms with Crippen LogP contribution in [-0.4, -0.2) is 36.9 Å². The highest BCUT2D eigenvalue weighted by molar-refractivity contribution is 7.85. The molecule has 2 aromatic rings. The molecule has 0 saturated heterocycles. The van der Waals surface area contributed by atoms with Crippen LogP contribution in [0.1, 0.15) is 55.9 Å². The second-order valence-corrected chi connectivity index (χ2v) is 7.50. The minimum Gasteiger partial charge on any atom is -0.329 e. The van der Waals surface area contributed by atoms with Gasteiger partial charge >= 0.3 is 0 Å². The van der Waals surface area contributed by atoms with Gasteiger partial charge in [0.1, 0.15) is 17.3 Å². The van der Waals surface area contributed by atoms with Crippen molar-refractivity contribution in [3.8, 4) is 0 Å². The van der Waals surface area contributed by atoms with Crippen molar-refractivity contribution < 1.29 is 9.00 Å². The van der Waals surface area contributed by atoms with Crippen LogP contribution >= 0.6 is 0 Å². The Hall–Kier alpha value is -2.02. The predicted molar refractivity (Wildman–Crippen MR) is 138 cm³/mol. The van der Waals surface area contributed by atoms with Gasteiger partial charge in [0.2, 0.25) is 0 Å². The van der Waals surface area contributed by atoms with E-state index in [2.05, 4.69) is 30.0 Å². The van der Waals surface area contributed by atoms with Crippen LogP contribution in [-0.2, 0) is 22.2 Å². The number of aryl methyl sites for hydroxylation is 1. The standard InChI is InChI=1S/C18H21NO2S.C3H10N2.2C2H6/c1-13-6-4-9-18(14(13)2)16(12-20)10-15-7-5-8-17(11-15)19-22(3)21;1-5-3-2-4;2*1-2/h4-9,11-12,16,19H,10H2,1-3H3;5H,2-4H2,1H3;2*1-2H3. The lowest BCUT2D eigenvalue weighted by Gasteiger charge is -2.16. The minimum absolute atomic E-state index is 0.165. The molecule has 176 valence electrons. The molecule has 4 N–H and O–H groups in total. The van der Waals surface area contributed by atoms with Gasteiger partial charge in [-0.05, 0) is 61.7 Å². The van der Waals surface area contributed by atoms with Crippen molar-refractivity contribution in [1.82, 2.24) is 5.32 Å². The Labute approximate surface area is 192 Å². The summed E-state index contributed by atoms with van der Waals surface area (Å²) in [4.78, 5) is 11.6. The van der Waals surface area contributed by atoms with Crippen LogP contribution in [0.5, 0.6) is 0 Å². The van der Waals surface area contributed by atoms with E-state index in [-0.39, 0.29) is 5.92 Å². The van der Waals surface area contributed by atoms with E-state index in [1.165, 1.54) is 11.1 Å². The Morgan fingerprint density at radius 2 is 1.68 bits per heavy atom. The van der Waals surface area contributed by atoms with Crippen LogP contribution in [0.3, 0.4) is 0 Å². The van der Waals surface area contributed by atoms with Crippen LogP contribution in [0.4, 0.5) is 5.69 Å². The first kappa shape index (κ1) is 31.2. The van der Waals surface area contributed by atoms with Gasteiger partial charge in [0, 0.05) is 31.0 Å². The molecular formula is C25H43N3O2S. The molecule has 0 heterocycles. The molecule has 0 spiro atoms. The number of likely N-dealkylation sites (N-methyl/N-ethyl adjacent to an activating group) is 1. The second kappa shape index (κ2) is 19.9. The molecule has 5 nitrogen and oxygen atoms in total. The Bertz CT molecular complexity index is 749. The van der Waals surface area contributed by atoms with Gasteiger partial charge in [-0.3, -0.25) is 0 Å². The van der Waals surface area contributed by atoms with E-state index < -0.39 is 11.0 Å². The average Bonchev–Trinajstić information content (AvgIpc) is 2.78. The van der Waals surface area contributed by atoms with Crippen LogP contribution < -0.4 is 15.8 Å². The van der Waals surface area contributed by atoms with Gasteiger partial charge in [0.05, 0.1) is 0 Å². The molecule has 0 aliphatic carbocycles. The number of nitrogens with one attached hydrogen (secondary N) is 2. The number of aldehydes is 1. The molecule has 2 unspecified atom stereocenters. The molecule has 2 aromatic carbocycles. The number of hydrogen-bond acceptors (Lipinski definition) is 4. The molecule has 6 heteroatoms. The van der Waals surface area contributed by atoms with Gasteiger partial charge < -0.3 is 20.6 Å². The lowest BCUT2D eigenvalue weighted by Crippen LogP contribution is -2.17. The van der Waals surface area contributed by atoms with Crippen molar-refractivity contribution in [3.63, 3.8) is 0 Å². The normalized spacial score (nSPS) is 11.3. The van der Waals surface area contributed by atoms with E-state index in [0.717, 1.165) is 36.2 Å². The topological polar surface area (TPSA) is 84.2 Å². The largest absolute Gasteiger partial charge is 0.329 e. The van der Waals surface area contributed by atoms with Crippen molar-refractivity contribution >= 4 is 23.0 Å². The third-order valence-electron chi connectivity index (χ3n) is 4.25. The van der Waals surface area contributed by atoms with Crippen molar-refractivity contribution in [2.75, 3.05) is 31.1 Å². The molecule has 2 atom stereocenters. The highest BCUT2D eigenvalue weighted by Gasteiger charge is 2.15. The molecule has 0 aliphatic heterocycles. The molecule has 0 aliphatic rings. The number of nitrogens with two attached hydrogens (primary N) is 1. The number of rotatable bonds is 8. The number of carbonyl (C=O) groups is 1. The smallest absolute Gasteiger partial charge is 0.127 e. The van der Waals surface area contributed by atoms with E-state index in [1.807, 2.05) is 71.1 Å². The second-order valence-electron chi connectivity index (χ2n) is 6.38. The van der Waals surface area contributed by atoms with Gasteiger partial charge in [-0.1, -0.05) is 58.0 Å². The SMILES string of the molecule is CC.CC.CNCCN.Cc1cccc(C(C=O)Cc2cccc(NS(C)=O)c2)c1C. The summed E-state index contributed by atoms with van der Waals surface area (Å²) >= 11 is 0. The molecule has 0 bridgehead atoms. The van der Waals surface area contributed by atoms with Gasteiger partial charge in [0.15, 0.2) is 0 Å². The van der Waals surface area contributed by atoms with Gasteiger partial charge in [-0.2, -0.15) is 0 Å². The van der Waals surface area contributed by atoms with Crippen LogP contribution in [0.15, 0.2) is 42.5 Å². The summed E-state index contributed by atoms with van der Waals surface area (Å²) in [6.07, 6.45) is 3.25. The molecule has 0 radical (unpaired) electrons. The maximum atomic E-state index is 11.6. The van der Waals surface area contributed by atoms with Gasteiger partial charge in [0.25, 0.3) is 0 Å². The summed E-state index contributed by atoms with van der Waals surface area (Å²) in [5.41, 5.74) is 10.4. The summed E-state index contributed by atoms with van der Waals surface area (Å²) in [5, 5.41) is 2.89. The van der Waals surface area contributed by atoms with E-state index in [1.54, 1.807) is 6.26 Å². The van der Waals surface area contributed by atoms with Crippen molar-refractivity contribution in [2.45, 2.75) is 53.9 Å². The first-order chi connectivity index (χ1) is 14.9. The lowest BCUT2D eigenvalue weighted by atomic mass is 9.88. The summed E-state index contributed by atoms with van der Waals surface area (Å²) in [7, 11) is 0.780. The number of benzene rings is 2. The number of carbonyl (C=O) groups excluding carboxylic acids is 1. The van der Waals surface area contributed by atoms with E-state index >= 15 is 0 Å². The number of hydrogen-bond donors (Lipinski definition) is 3. The van der Waals surface area contributed by atoms with Crippen molar-refractivity contribution in [1.29, 1.82) is 0 Å². The summed E-state index contributed by atoms with van der Waals surface area (Å²) in [5.74, 6) is -0.165. The zero-order valence-electron chi connectivity index (χ0n) is 20.6. The maximum Gasteiger partial charge on any atom is 0.127 e. The van der Waals surface area contributed by atoms with Crippen molar-refractivity contribution in [3.05, 3.63) is 64.7 Å². The summed E-state index contributed by atoms with van der Waals surface area (Å²) < 4.78 is 14.1. The Balaban J connectivity index is 0. The highest BCUT2D eigenvalue weighted by Crippen LogP contribution is 2.25. The minimum atomic E-state index is -1.10. The molecule has 0 aromatic heterocycles. The first-order valence-corrected chi connectivity index (χ1v) is 12.5. The van der Waals surface area contributed by atoms with Crippen molar-refractivity contribution in [2.24, 2.45) is 5.73 Å². The number of anilines is 1. The zero-order valence-corrected chi connectivity index (χ0v) is 21.4. The van der Waals surface area contributed by atoms with E-state index in [0.29, 0.717) is 6.42 Å². The van der Waals surface area contributed by atoms with Gasteiger partial charge in [-0.25, -0.2) is 4.21 Å². The molecule has 31 heavy (non-hydrogen) atoms. The molecule has 0 saturated carbocycles. The monoisotopic (exact) mass is 449 g/mol. The fourth-order valence-electron chi connectivity index (χ4n) is 2.73. The van der Waals surface area contributed by atoms with Crippen LogP contribution in [0, 0.1) is 13.8 Å². The zero-order chi connectivity index (χ0) is 24.2. The quantitative estimate of drug-likeness (QED) is 0.508. The third-order valence-corrected chi connectivity index (χ3v) is 4.77. The molecular weight excluding hydrogens is 406 g/mol. The Morgan fingerprint density at radius 1 is 1.06 bits per heavy atom. The summed E-state index contributed by atoms with van der Waals surface area (Å²) in [6.45, 7) is 13.8. The van der Waals surface area contributed by atoms with E-state index in [4.69, 9.17) is 5.73 Å². The van der Waals surface area contributed by atoms with Crippen LogP contribution in [0.25, 0.3) is 0 Å². The lowest BCUT2D eigenvalue weighted by molar-refractivity contribution is -0.109. The van der Waals surface area contributed by atoms with E-state index in [9.17, 15) is 9.00 Å². The fraction of sp³-hybridized carbons (Fsp3) is 0.480. The van der Waals surface area contributed by atoms with Crippen LogP contribution in [0.2, 0.25) is 0 Å². The maximum absolute atomic E-state index is 11.6. The fourth-order valence-corrected chi connectivity index (χ4v) is 3.19. The van der Waals surface area contributed by atoms with Gasteiger partial charge in [-0.15, -0.1) is 0 Å². The highest BCUT2D eigenvalue weighted by atomic mass is 32.2. The molecule has 0 fully saturated rings. The summed E-state index contributed by atoms with van der Waals surface area (Å²) in [6, 6.07) is 13.8. The Morgan fingerprint density at radius 3 is 2.16 bits per heavy atom. The Kier molecular flexibility index (Phi) is 20.0. The molecule has 0 amide bonds. The molecule has 2 rings (SSSR count). The average molecular weight is 450 g/mol. The first-order valence-electron chi connectivity index (χ1n) is 11.0.